The van der Waals surface area contributed by atoms with Gasteiger partial charge in [-0.2, -0.15) is 0 Å². The minimum Gasteiger partial charge on any atom is -0.497 e. The summed E-state index contributed by atoms with van der Waals surface area (Å²) in [5, 5.41) is 0. The maximum atomic E-state index is 13.3. The molecule has 2 aromatic rings. The molecule has 0 atom stereocenters. The van der Waals surface area contributed by atoms with E-state index in [0.717, 1.165) is 31.6 Å². The number of carbonyl (C=O) groups is 2. The number of para-hydroxylation sites is 1. The summed E-state index contributed by atoms with van der Waals surface area (Å²) >= 11 is 0. The number of methoxy groups -OCH3 is 1. The number of rotatable bonds is 6. The van der Waals surface area contributed by atoms with Crippen LogP contribution in [0.4, 0.5) is 5.69 Å². The smallest absolute Gasteiger partial charge is 0.258 e. The molecule has 0 unspecified atom stereocenters. The lowest BCUT2D eigenvalue weighted by atomic mass is 10.00. The van der Waals surface area contributed by atoms with E-state index < -0.39 is 0 Å². The monoisotopic (exact) mass is 435 g/mol. The van der Waals surface area contributed by atoms with E-state index in [0.29, 0.717) is 17.4 Å². The quantitative estimate of drug-likeness (QED) is 0.692. The first-order valence-corrected chi connectivity index (χ1v) is 11.7. The van der Waals surface area contributed by atoms with Gasteiger partial charge in [0.1, 0.15) is 12.3 Å². The minimum atomic E-state index is -0.185. The van der Waals surface area contributed by atoms with Gasteiger partial charge in [-0.25, -0.2) is 0 Å². The first kappa shape index (κ1) is 22.3. The van der Waals surface area contributed by atoms with Crippen molar-refractivity contribution < 1.29 is 14.3 Å². The number of anilines is 1. The van der Waals surface area contributed by atoms with E-state index in [2.05, 4.69) is 4.90 Å². The number of benzene rings is 2. The van der Waals surface area contributed by atoms with Gasteiger partial charge < -0.3 is 14.5 Å². The Morgan fingerprint density at radius 2 is 1.56 bits per heavy atom. The molecule has 2 aromatic carbocycles. The average molecular weight is 436 g/mol. The van der Waals surface area contributed by atoms with Gasteiger partial charge in [-0.1, -0.05) is 24.6 Å². The van der Waals surface area contributed by atoms with Crippen molar-refractivity contribution in [3.05, 3.63) is 60.2 Å². The molecule has 0 N–H and O–H groups in total. The first-order chi connectivity index (χ1) is 15.7. The molecule has 170 valence electrons. The number of amides is 2. The van der Waals surface area contributed by atoms with Crippen LogP contribution in [0.3, 0.4) is 0 Å². The van der Waals surface area contributed by atoms with Crippen LogP contribution >= 0.6 is 0 Å². The average Bonchev–Trinajstić information content (AvgIpc) is 2.88. The molecule has 2 saturated heterocycles. The highest BCUT2D eigenvalue weighted by Crippen LogP contribution is 2.23. The zero-order chi connectivity index (χ0) is 22.3. The number of ether oxygens (including phenoxy) is 1. The van der Waals surface area contributed by atoms with Crippen molar-refractivity contribution in [2.24, 2.45) is 0 Å². The van der Waals surface area contributed by atoms with Gasteiger partial charge in [-0.05, 0) is 75.2 Å². The summed E-state index contributed by atoms with van der Waals surface area (Å²) in [5.74, 6) is 0.517. The summed E-state index contributed by atoms with van der Waals surface area (Å²) in [6.45, 7) is 3.95. The van der Waals surface area contributed by atoms with Gasteiger partial charge in [0.15, 0.2) is 0 Å². The molecule has 6 heteroatoms. The Kier molecular flexibility index (Phi) is 7.43. The SMILES string of the molecule is COc1ccc(C(=O)N(CC(=O)N2CCC(N3CCCCC3)CC2)c2ccccc2)cc1. The molecule has 2 aliphatic rings. The largest absolute Gasteiger partial charge is 0.497 e. The maximum Gasteiger partial charge on any atom is 0.258 e. The fourth-order valence-corrected chi connectivity index (χ4v) is 4.78. The van der Waals surface area contributed by atoms with Gasteiger partial charge in [0.25, 0.3) is 5.91 Å². The molecule has 0 radical (unpaired) electrons. The predicted molar refractivity (Wildman–Crippen MR) is 126 cm³/mol. The molecule has 32 heavy (non-hydrogen) atoms. The Hall–Kier alpha value is -2.86. The van der Waals surface area contributed by atoms with Gasteiger partial charge in [0.2, 0.25) is 5.91 Å². The topological polar surface area (TPSA) is 53.1 Å². The van der Waals surface area contributed by atoms with Gasteiger partial charge >= 0.3 is 0 Å². The number of piperidine rings is 2. The standard InChI is InChI=1S/C26H33N3O3/c1-32-24-12-10-21(11-13-24)26(31)29(23-8-4-2-5-9-23)20-25(30)28-18-14-22(15-19-28)27-16-6-3-7-17-27/h2,4-5,8-13,22H,3,6-7,14-20H2,1H3. The molecule has 2 aliphatic heterocycles. The van der Waals surface area contributed by atoms with Crippen molar-refractivity contribution in [1.82, 2.24) is 9.80 Å². The van der Waals surface area contributed by atoms with Crippen LogP contribution < -0.4 is 9.64 Å². The van der Waals surface area contributed by atoms with Crippen molar-refractivity contribution in [3.63, 3.8) is 0 Å². The molecule has 0 bridgehead atoms. The van der Waals surface area contributed by atoms with Gasteiger partial charge in [-0.15, -0.1) is 0 Å². The highest BCUT2D eigenvalue weighted by Gasteiger charge is 2.29. The van der Waals surface area contributed by atoms with E-state index in [-0.39, 0.29) is 18.4 Å². The lowest BCUT2D eigenvalue weighted by Crippen LogP contribution is -2.50. The fraction of sp³-hybridized carbons (Fsp3) is 0.462. The Morgan fingerprint density at radius 1 is 0.906 bits per heavy atom. The van der Waals surface area contributed by atoms with Crippen molar-refractivity contribution in [3.8, 4) is 5.75 Å². The Balaban J connectivity index is 1.43. The third-order valence-corrected chi connectivity index (χ3v) is 6.67. The van der Waals surface area contributed by atoms with E-state index in [1.165, 1.54) is 32.4 Å². The molecule has 0 spiro atoms. The summed E-state index contributed by atoms with van der Waals surface area (Å²) in [6.07, 6.45) is 5.95. The second-order valence-corrected chi connectivity index (χ2v) is 8.66. The molecule has 6 nitrogen and oxygen atoms in total. The molecular weight excluding hydrogens is 402 g/mol. The van der Waals surface area contributed by atoms with Crippen LogP contribution in [0.15, 0.2) is 54.6 Å². The van der Waals surface area contributed by atoms with Crippen LogP contribution in [0, 0.1) is 0 Å². The van der Waals surface area contributed by atoms with Crippen LogP contribution in [0.25, 0.3) is 0 Å². The van der Waals surface area contributed by atoms with E-state index in [1.807, 2.05) is 35.2 Å². The van der Waals surface area contributed by atoms with E-state index in [4.69, 9.17) is 4.74 Å². The zero-order valence-corrected chi connectivity index (χ0v) is 18.9. The van der Waals surface area contributed by atoms with Crippen LogP contribution in [0.1, 0.15) is 42.5 Å². The molecule has 0 aliphatic carbocycles. The number of nitrogens with zero attached hydrogens (tertiary/aromatic N) is 3. The summed E-state index contributed by atoms with van der Waals surface area (Å²) in [5.41, 5.74) is 1.26. The summed E-state index contributed by atoms with van der Waals surface area (Å²) in [4.78, 5) is 32.6. The first-order valence-electron chi connectivity index (χ1n) is 11.7. The lowest BCUT2D eigenvalue weighted by molar-refractivity contribution is -0.131. The van der Waals surface area contributed by atoms with Crippen molar-refractivity contribution in [1.29, 1.82) is 0 Å². The van der Waals surface area contributed by atoms with Crippen LogP contribution in [0.5, 0.6) is 5.75 Å². The van der Waals surface area contributed by atoms with Crippen LogP contribution in [0.2, 0.25) is 0 Å². The second-order valence-electron chi connectivity index (χ2n) is 8.66. The Bertz CT molecular complexity index is 886. The molecule has 4 rings (SSSR count). The van der Waals surface area contributed by atoms with Gasteiger partial charge in [0.05, 0.1) is 7.11 Å². The van der Waals surface area contributed by atoms with Crippen molar-refractivity contribution in [2.75, 3.05) is 44.7 Å². The Labute approximate surface area is 190 Å². The fourth-order valence-electron chi connectivity index (χ4n) is 4.78. The molecule has 2 fully saturated rings. The van der Waals surface area contributed by atoms with Crippen LogP contribution in [-0.4, -0.2) is 67.5 Å². The third kappa shape index (κ3) is 5.30. The minimum absolute atomic E-state index is 0.00723. The van der Waals surface area contributed by atoms with E-state index >= 15 is 0 Å². The number of hydrogen-bond donors (Lipinski definition) is 0. The molecule has 2 heterocycles. The normalized spacial score (nSPS) is 17.7. The highest BCUT2D eigenvalue weighted by molar-refractivity contribution is 6.08. The predicted octanol–water partition coefficient (Wildman–Crippen LogP) is 3.82. The van der Waals surface area contributed by atoms with E-state index in [1.54, 1.807) is 36.3 Å². The highest BCUT2D eigenvalue weighted by atomic mass is 16.5. The number of hydrogen-bond acceptors (Lipinski definition) is 4. The van der Waals surface area contributed by atoms with Crippen molar-refractivity contribution >= 4 is 17.5 Å². The van der Waals surface area contributed by atoms with Crippen molar-refractivity contribution in [2.45, 2.75) is 38.1 Å². The summed E-state index contributed by atoms with van der Waals surface area (Å²) in [7, 11) is 1.60. The lowest BCUT2D eigenvalue weighted by Gasteiger charge is -2.40. The molecule has 0 aromatic heterocycles. The molecule has 0 saturated carbocycles. The zero-order valence-electron chi connectivity index (χ0n) is 18.9. The van der Waals surface area contributed by atoms with E-state index in [9.17, 15) is 9.59 Å². The molecule has 2 amide bonds. The van der Waals surface area contributed by atoms with Gasteiger partial charge in [0, 0.05) is 30.4 Å². The molecular formula is C26H33N3O3. The number of likely N-dealkylation sites (tertiary alicyclic amines) is 2. The maximum absolute atomic E-state index is 13.3. The summed E-state index contributed by atoms with van der Waals surface area (Å²) in [6, 6.07) is 17.0. The van der Waals surface area contributed by atoms with Crippen LogP contribution in [-0.2, 0) is 4.79 Å². The van der Waals surface area contributed by atoms with Gasteiger partial charge in [-0.3, -0.25) is 14.5 Å². The Morgan fingerprint density at radius 3 is 2.19 bits per heavy atom. The third-order valence-electron chi connectivity index (χ3n) is 6.67. The number of carbonyl (C=O) groups excluding carboxylic acids is 2. The second kappa shape index (κ2) is 10.6. The summed E-state index contributed by atoms with van der Waals surface area (Å²) < 4.78 is 5.20.